The molecule has 2 rings (SSSR count). The molecular weight excluding hydrogens is 486 g/mol. The summed E-state index contributed by atoms with van der Waals surface area (Å²) in [7, 11) is -2.32. The zero-order valence-electron chi connectivity index (χ0n) is 17.2. The van der Waals surface area contributed by atoms with Crippen LogP contribution in [0.25, 0.3) is 0 Å². The van der Waals surface area contributed by atoms with Gasteiger partial charge in [-0.1, -0.05) is 29.3 Å². The molecule has 170 valence electrons. The quantitative estimate of drug-likeness (QED) is 0.483. The molecule has 11 heteroatoms. The maximum Gasteiger partial charge on any atom is 0.243 e. The average Bonchev–Trinajstić information content (AvgIpc) is 2.68. The van der Waals surface area contributed by atoms with Crippen molar-refractivity contribution < 1.29 is 22.3 Å². The van der Waals surface area contributed by atoms with E-state index in [2.05, 4.69) is 5.32 Å². The van der Waals surface area contributed by atoms with Crippen LogP contribution in [-0.4, -0.2) is 46.0 Å². The third-order valence-electron chi connectivity index (χ3n) is 4.33. The standard InChI is InChI=1S/C20H23Cl2FN2O4S2/c1-13(25(31(3,27)28)14-7-8-19(29-2)17(22)11-14)20(26)24-9-10-30-12-15-16(21)5-4-6-18(15)23/h4-8,11,13H,9-10,12H2,1-3H3,(H,24,26)/t13-/m1/s1. The molecule has 31 heavy (non-hydrogen) atoms. The summed E-state index contributed by atoms with van der Waals surface area (Å²) < 4.78 is 44.6. The van der Waals surface area contributed by atoms with Crippen molar-refractivity contribution in [2.24, 2.45) is 0 Å². The molecule has 1 atom stereocenters. The molecule has 2 aromatic rings. The number of ether oxygens (including phenoxy) is 1. The van der Waals surface area contributed by atoms with Gasteiger partial charge in [0.1, 0.15) is 17.6 Å². The van der Waals surface area contributed by atoms with Gasteiger partial charge in [-0.05, 0) is 37.3 Å². The lowest BCUT2D eigenvalue weighted by molar-refractivity contribution is -0.121. The molecule has 0 bridgehead atoms. The van der Waals surface area contributed by atoms with Crippen LogP contribution in [0.15, 0.2) is 36.4 Å². The molecule has 0 aliphatic carbocycles. The van der Waals surface area contributed by atoms with Crippen LogP contribution in [0.5, 0.6) is 5.75 Å². The number of rotatable bonds is 10. The number of amides is 1. The highest BCUT2D eigenvalue weighted by Crippen LogP contribution is 2.31. The first-order chi connectivity index (χ1) is 14.6. The molecule has 0 heterocycles. The van der Waals surface area contributed by atoms with Crippen molar-refractivity contribution in [3.8, 4) is 5.75 Å². The second-order valence-electron chi connectivity index (χ2n) is 6.60. The summed E-state index contributed by atoms with van der Waals surface area (Å²) in [5, 5.41) is 3.29. The lowest BCUT2D eigenvalue weighted by Gasteiger charge is -2.28. The van der Waals surface area contributed by atoms with Crippen LogP contribution in [0.2, 0.25) is 10.0 Å². The fourth-order valence-corrected chi connectivity index (χ4v) is 5.46. The number of hydrogen-bond acceptors (Lipinski definition) is 5. The van der Waals surface area contributed by atoms with Gasteiger partial charge in [-0.25, -0.2) is 12.8 Å². The lowest BCUT2D eigenvalue weighted by atomic mass is 10.2. The summed E-state index contributed by atoms with van der Waals surface area (Å²) in [5.74, 6) is 0.400. The van der Waals surface area contributed by atoms with E-state index in [1.165, 1.54) is 56.1 Å². The number of sulfonamides is 1. The Labute approximate surface area is 196 Å². The van der Waals surface area contributed by atoms with Crippen LogP contribution in [0.4, 0.5) is 10.1 Å². The number of halogens is 3. The number of nitrogens with zero attached hydrogens (tertiary/aromatic N) is 1. The Kier molecular flexibility index (Phi) is 9.29. The molecule has 0 radical (unpaired) electrons. The normalized spacial score (nSPS) is 12.3. The molecule has 0 aliphatic heterocycles. The smallest absolute Gasteiger partial charge is 0.243 e. The van der Waals surface area contributed by atoms with E-state index in [4.69, 9.17) is 27.9 Å². The third-order valence-corrected chi connectivity index (χ3v) is 7.21. The van der Waals surface area contributed by atoms with Gasteiger partial charge in [0.2, 0.25) is 15.9 Å². The SMILES string of the molecule is COc1ccc(N([C@H](C)C(=O)NCCSCc2c(F)cccc2Cl)S(C)(=O)=O)cc1Cl. The summed E-state index contributed by atoms with van der Waals surface area (Å²) in [6.07, 6.45) is 1.02. The number of thioether (sulfide) groups is 1. The molecule has 0 spiro atoms. The van der Waals surface area contributed by atoms with Gasteiger partial charge in [0, 0.05) is 28.6 Å². The fraction of sp³-hybridized carbons (Fsp3) is 0.350. The average molecular weight is 509 g/mol. The van der Waals surface area contributed by atoms with Gasteiger partial charge >= 0.3 is 0 Å². The maximum absolute atomic E-state index is 13.8. The summed E-state index contributed by atoms with van der Waals surface area (Å²) in [6, 6.07) is 7.97. The van der Waals surface area contributed by atoms with Gasteiger partial charge in [-0.3, -0.25) is 9.10 Å². The monoisotopic (exact) mass is 508 g/mol. The lowest BCUT2D eigenvalue weighted by Crippen LogP contribution is -2.48. The van der Waals surface area contributed by atoms with E-state index >= 15 is 0 Å². The number of benzene rings is 2. The van der Waals surface area contributed by atoms with Gasteiger partial charge in [-0.15, -0.1) is 0 Å². The largest absolute Gasteiger partial charge is 0.495 e. The predicted octanol–water partition coefficient (Wildman–Crippen LogP) is 4.35. The summed E-state index contributed by atoms with van der Waals surface area (Å²) in [5.41, 5.74) is 0.660. The van der Waals surface area contributed by atoms with E-state index in [0.717, 1.165) is 10.6 Å². The first-order valence-electron chi connectivity index (χ1n) is 9.17. The fourth-order valence-electron chi connectivity index (χ4n) is 2.84. The van der Waals surface area contributed by atoms with E-state index in [-0.39, 0.29) is 23.1 Å². The van der Waals surface area contributed by atoms with Gasteiger partial charge < -0.3 is 10.1 Å². The second-order valence-corrected chi connectivity index (χ2v) is 10.4. The van der Waals surface area contributed by atoms with Gasteiger partial charge in [-0.2, -0.15) is 11.8 Å². The highest BCUT2D eigenvalue weighted by atomic mass is 35.5. The highest BCUT2D eigenvalue weighted by Gasteiger charge is 2.29. The highest BCUT2D eigenvalue weighted by molar-refractivity contribution is 7.98. The Morgan fingerprint density at radius 3 is 2.55 bits per heavy atom. The van der Waals surface area contributed by atoms with Crippen molar-refractivity contribution in [1.82, 2.24) is 5.32 Å². The third kappa shape index (κ3) is 6.90. The molecule has 0 unspecified atom stereocenters. The maximum atomic E-state index is 13.8. The number of carbonyl (C=O) groups excluding carboxylic acids is 1. The van der Waals surface area contributed by atoms with Crippen molar-refractivity contribution in [2.75, 3.05) is 30.0 Å². The van der Waals surface area contributed by atoms with Crippen LogP contribution in [-0.2, 0) is 20.6 Å². The molecule has 0 aromatic heterocycles. The van der Waals surface area contributed by atoms with E-state index in [0.29, 0.717) is 27.8 Å². The number of anilines is 1. The zero-order valence-corrected chi connectivity index (χ0v) is 20.3. The molecule has 0 saturated heterocycles. The molecule has 0 saturated carbocycles. The predicted molar refractivity (Wildman–Crippen MR) is 125 cm³/mol. The van der Waals surface area contributed by atoms with Gasteiger partial charge in [0.15, 0.2) is 0 Å². The van der Waals surface area contributed by atoms with E-state index in [1.54, 1.807) is 6.07 Å². The van der Waals surface area contributed by atoms with Gasteiger partial charge in [0.25, 0.3) is 0 Å². The van der Waals surface area contributed by atoms with Crippen molar-refractivity contribution >= 4 is 56.6 Å². The van der Waals surface area contributed by atoms with Crippen LogP contribution in [0.3, 0.4) is 0 Å². The van der Waals surface area contributed by atoms with E-state index < -0.39 is 22.0 Å². The Hall–Kier alpha value is -1.68. The Balaban J connectivity index is 1.98. The molecule has 6 nitrogen and oxygen atoms in total. The molecule has 1 N–H and O–H groups in total. The molecule has 1 amide bonds. The van der Waals surface area contributed by atoms with Crippen molar-refractivity contribution in [1.29, 1.82) is 0 Å². The van der Waals surface area contributed by atoms with Crippen molar-refractivity contribution in [2.45, 2.75) is 18.7 Å². The van der Waals surface area contributed by atoms with Crippen LogP contribution in [0.1, 0.15) is 12.5 Å². The van der Waals surface area contributed by atoms with E-state index in [9.17, 15) is 17.6 Å². The molecule has 0 fully saturated rings. The van der Waals surface area contributed by atoms with Crippen LogP contribution >= 0.6 is 35.0 Å². The summed E-state index contributed by atoms with van der Waals surface area (Å²) >= 11 is 13.5. The Morgan fingerprint density at radius 1 is 1.26 bits per heavy atom. The van der Waals surface area contributed by atoms with Crippen molar-refractivity contribution in [3.05, 3.63) is 57.8 Å². The Morgan fingerprint density at radius 2 is 1.97 bits per heavy atom. The van der Waals surface area contributed by atoms with Crippen LogP contribution < -0.4 is 14.4 Å². The Bertz CT molecular complexity index is 1020. The minimum Gasteiger partial charge on any atom is -0.495 e. The number of carbonyl (C=O) groups is 1. The summed E-state index contributed by atoms with van der Waals surface area (Å²) in [6.45, 7) is 1.77. The number of nitrogens with one attached hydrogen (secondary N) is 1. The van der Waals surface area contributed by atoms with Gasteiger partial charge in [0.05, 0.1) is 24.1 Å². The molecule has 0 aliphatic rings. The van der Waals surface area contributed by atoms with Crippen molar-refractivity contribution in [3.63, 3.8) is 0 Å². The first kappa shape index (κ1) is 25.6. The molecular formula is C20H23Cl2FN2O4S2. The molecule has 2 aromatic carbocycles. The van der Waals surface area contributed by atoms with Crippen LogP contribution in [0, 0.1) is 5.82 Å². The van der Waals surface area contributed by atoms with E-state index in [1.807, 2.05) is 0 Å². The number of methoxy groups -OCH3 is 1. The number of hydrogen-bond donors (Lipinski definition) is 1. The second kappa shape index (κ2) is 11.3. The topological polar surface area (TPSA) is 75.7 Å². The minimum absolute atomic E-state index is 0.226. The first-order valence-corrected chi connectivity index (χ1v) is 12.9. The summed E-state index contributed by atoms with van der Waals surface area (Å²) in [4.78, 5) is 12.6. The minimum atomic E-state index is -3.77. The zero-order chi connectivity index (χ0) is 23.2.